The molecule has 3 heterocycles. The molecule has 1 fully saturated rings. The summed E-state index contributed by atoms with van der Waals surface area (Å²) in [5.41, 5.74) is 3.72. The maximum atomic E-state index is 5.04. The van der Waals surface area contributed by atoms with Gasteiger partial charge in [0.25, 0.3) is 0 Å². The van der Waals surface area contributed by atoms with Crippen molar-refractivity contribution in [2.45, 2.75) is 46.0 Å². The predicted molar refractivity (Wildman–Crippen MR) is 105 cm³/mol. The molecule has 0 spiro atoms. The minimum absolute atomic E-state index is 0.564. The van der Waals surface area contributed by atoms with E-state index in [1.54, 1.807) is 0 Å². The minimum Gasteiger partial charge on any atom is -0.287 e. The molecule has 5 heteroatoms. The standard InChI is InChI=1S/C18H26BrN3S/c1-3-15-10-13(2)4-5-17-16(11-18(19)21-22(15)17)20-12-14-6-8-23-9-7-14/h5,10,13-14H,3-4,6-9,11-12H2,1-2H3. The van der Waals surface area contributed by atoms with Gasteiger partial charge in [-0.3, -0.25) is 4.99 Å². The molecule has 0 saturated carbocycles. The second-order valence-electron chi connectivity index (χ2n) is 6.62. The summed E-state index contributed by atoms with van der Waals surface area (Å²) in [6.45, 7) is 5.46. The van der Waals surface area contributed by atoms with Crippen molar-refractivity contribution < 1.29 is 0 Å². The Bertz CT molecular complexity index is 559. The van der Waals surface area contributed by atoms with E-state index in [2.05, 4.69) is 58.7 Å². The van der Waals surface area contributed by atoms with Crippen LogP contribution in [0.15, 0.2) is 33.6 Å². The van der Waals surface area contributed by atoms with Crippen LogP contribution in [0.1, 0.15) is 46.0 Å². The Morgan fingerprint density at radius 2 is 2.17 bits per heavy atom. The van der Waals surface area contributed by atoms with E-state index in [-0.39, 0.29) is 0 Å². The topological polar surface area (TPSA) is 28.0 Å². The first-order valence-corrected chi connectivity index (χ1v) is 10.7. The number of rotatable bonds is 3. The maximum Gasteiger partial charge on any atom is 0.110 e. The van der Waals surface area contributed by atoms with Crippen molar-refractivity contribution in [3.63, 3.8) is 0 Å². The number of nitrogens with zero attached hydrogens (tertiary/aromatic N) is 3. The third-order valence-electron chi connectivity index (χ3n) is 4.72. The van der Waals surface area contributed by atoms with E-state index in [4.69, 9.17) is 10.1 Å². The molecule has 0 radical (unpaired) electrons. The number of aliphatic imine (C=N–C) groups is 1. The molecule has 0 bridgehead atoms. The number of fused-ring (bicyclic) bond motifs is 1. The summed E-state index contributed by atoms with van der Waals surface area (Å²) < 4.78 is 0.988. The summed E-state index contributed by atoms with van der Waals surface area (Å²) in [5, 5.41) is 6.86. The van der Waals surface area contributed by atoms with E-state index in [0.29, 0.717) is 5.92 Å². The molecule has 0 aliphatic carbocycles. The van der Waals surface area contributed by atoms with Crippen LogP contribution in [-0.4, -0.2) is 33.4 Å². The molecule has 3 aliphatic heterocycles. The normalized spacial score (nSPS) is 28.0. The predicted octanol–water partition coefficient (Wildman–Crippen LogP) is 5.20. The first-order chi connectivity index (χ1) is 11.2. The van der Waals surface area contributed by atoms with E-state index in [9.17, 15) is 0 Å². The van der Waals surface area contributed by atoms with Crippen molar-refractivity contribution in [2.75, 3.05) is 18.1 Å². The van der Waals surface area contributed by atoms with Crippen molar-refractivity contribution in [2.24, 2.45) is 21.9 Å². The van der Waals surface area contributed by atoms with Gasteiger partial charge in [0, 0.05) is 18.7 Å². The number of thioether (sulfide) groups is 1. The highest BCUT2D eigenvalue weighted by Crippen LogP contribution is 2.31. The molecule has 0 aromatic carbocycles. The fraction of sp³-hybridized carbons (Fsp3) is 0.667. The van der Waals surface area contributed by atoms with Crippen molar-refractivity contribution in [3.05, 3.63) is 23.5 Å². The summed E-state index contributed by atoms with van der Waals surface area (Å²) in [6.07, 6.45) is 10.2. The quantitative estimate of drug-likeness (QED) is 0.656. The molecule has 3 rings (SSSR count). The Balaban J connectivity index is 1.83. The number of hydrogen-bond donors (Lipinski definition) is 0. The van der Waals surface area contributed by atoms with Gasteiger partial charge in [0.15, 0.2) is 0 Å². The Morgan fingerprint density at radius 1 is 1.39 bits per heavy atom. The van der Waals surface area contributed by atoms with E-state index >= 15 is 0 Å². The molecule has 3 aliphatic rings. The van der Waals surface area contributed by atoms with Gasteiger partial charge in [0.2, 0.25) is 0 Å². The summed E-state index contributed by atoms with van der Waals surface area (Å²) in [5.74, 6) is 3.93. The van der Waals surface area contributed by atoms with Crippen LogP contribution in [0, 0.1) is 11.8 Å². The Morgan fingerprint density at radius 3 is 2.91 bits per heavy atom. The van der Waals surface area contributed by atoms with Gasteiger partial charge in [0.05, 0.1) is 11.4 Å². The molecule has 0 aromatic rings. The molecule has 23 heavy (non-hydrogen) atoms. The molecule has 3 nitrogen and oxygen atoms in total. The summed E-state index contributed by atoms with van der Waals surface area (Å²) >= 11 is 5.71. The lowest BCUT2D eigenvalue weighted by Gasteiger charge is -2.29. The van der Waals surface area contributed by atoms with Crippen LogP contribution in [0.2, 0.25) is 0 Å². The van der Waals surface area contributed by atoms with Gasteiger partial charge in [-0.1, -0.05) is 26.0 Å². The molecule has 0 aromatic heterocycles. The summed E-state index contributed by atoms with van der Waals surface area (Å²) in [7, 11) is 0. The van der Waals surface area contributed by atoms with Gasteiger partial charge in [-0.15, -0.1) is 0 Å². The largest absolute Gasteiger partial charge is 0.287 e. The van der Waals surface area contributed by atoms with E-state index in [1.807, 2.05) is 0 Å². The molecule has 1 unspecified atom stereocenters. The summed E-state index contributed by atoms with van der Waals surface area (Å²) in [4.78, 5) is 5.04. The highest BCUT2D eigenvalue weighted by molar-refractivity contribution is 9.18. The van der Waals surface area contributed by atoms with Crippen LogP contribution in [0.25, 0.3) is 0 Å². The van der Waals surface area contributed by atoms with Gasteiger partial charge in [-0.25, -0.2) is 5.01 Å². The summed E-state index contributed by atoms with van der Waals surface area (Å²) in [6, 6.07) is 0. The van der Waals surface area contributed by atoms with Gasteiger partial charge in [0.1, 0.15) is 4.62 Å². The minimum atomic E-state index is 0.564. The van der Waals surface area contributed by atoms with E-state index in [1.165, 1.54) is 41.5 Å². The number of hydrogen-bond acceptors (Lipinski definition) is 4. The zero-order chi connectivity index (χ0) is 16.2. The van der Waals surface area contributed by atoms with Crippen molar-refractivity contribution in [1.29, 1.82) is 0 Å². The average molecular weight is 396 g/mol. The molecule has 1 saturated heterocycles. The van der Waals surface area contributed by atoms with Crippen LogP contribution in [-0.2, 0) is 0 Å². The number of halogens is 1. The third kappa shape index (κ3) is 4.30. The second-order valence-corrected chi connectivity index (χ2v) is 8.76. The van der Waals surface area contributed by atoms with Gasteiger partial charge in [-0.05, 0) is 65.0 Å². The highest BCUT2D eigenvalue weighted by atomic mass is 79.9. The first-order valence-electron chi connectivity index (χ1n) is 8.72. The fourth-order valence-electron chi connectivity index (χ4n) is 3.31. The fourth-order valence-corrected chi connectivity index (χ4v) is 4.94. The average Bonchev–Trinajstić information content (AvgIpc) is 2.72. The molecule has 1 atom stereocenters. The van der Waals surface area contributed by atoms with Gasteiger partial charge < -0.3 is 0 Å². The highest BCUT2D eigenvalue weighted by Gasteiger charge is 2.27. The van der Waals surface area contributed by atoms with Crippen LogP contribution in [0.4, 0.5) is 0 Å². The van der Waals surface area contributed by atoms with Crippen molar-refractivity contribution in [3.8, 4) is 0 Å². The molecule has 0 amide bonds. The number of hydrazone groups is 1. The first kappa shape index (κ1) is 17.3. The third-order valence-corrected chi connectivity index (χ3v) is 6.21. The lowest BCUT2D eigenvalue weighted by atomic mass is 10.0. The molecular formula is C18H26BrN3S. The maximum absolute atomic E-state index is 5.04. The van der Waals surface area contributed by atoms with Crippen LogP contribution >= 0.6 is 27.7 Å². The Hall–Kier alpha value is -0.550. The molecular weight excluding hydrogens is 370 g/mol. The number of allylic oxidation sites excluding steroid dienone is 4. The zero-order valence-corrected chi connectivity index (χ0v) is 16.5. The van der Waals surface area contributed by atoms with Crippen LogP contribution in [0.5, 0.6) is 0 Å². The lowest BCUT2D eigenvalue weighted by molar-refractivity contribution is 0.452. The zero-order valence-electron chi connectivity index (χ0n) is 14.1. The van der Waals surface area contributed by atoms with E-state index < -0.39 is 0 Å². The van der Waals surface area contributed by atoms with Gasteiger partial charge >= 0.3 is 0 Å². The van der Waals surface area contributed by atoms with Crippen molar-refractivity contribution in [1.82, 2.24) is 5.01 Å². The van der Waals surface area contributed by atoms with Crippen LogP contribution in [0.3, 0.4) is 0 Å². The van der Waals surface area contributed by atoms with E-state index in [0.717, 1.165) is 36.3 Å². The Kier molecular flexibility index (Phi) is 6.02. The van der Waals surface area contributed by atoms with Crippen LogP contribution < -0.4 is 0 Å². The smallest absolute Gasteiger partial charge is 0.110 e. The lowest BCUT2D eigenvalue weighted by Crippen LogP contribution is -2.29. The van der Waals surface area contributed by atoms with Gasteiger partial charge in [-0.2, -0.15) is 16.9 Å². The molecule has 0 N–H and O–H groups in total. The SMILES string of the molecule is CCC1=CC(C)CC=C2C(=NCC3CCSCC3)CC(Br)=NN12. The van der Waals surface area contributed by atoms with Crippen molar-refractivity contribution >= 4 is 38.0 Å². The molecule has 126 valence electrons. The monoisotopic (exact) mass is 395 g/mol. The Labute approximate surface area is 152 Å². The second kappa shape index (κ2) is 8.02.